The molecule has 0 aliphatic heterocycles. The number of nitrogens with zero attached hydrogens (tertiary/aromatic N) is 2. The fourth-order valence-electron chi connectivity index (χ4n) is 2.08. The van der Waals surface area contributed by atoms with E-state index in [4.69, 9.17) is 0 Å². The summed E-state index contributed by atoms with van der Waals surface area (Å²) in [6, 6.07) is 0. The van der Waals surface area contributed by atoms with Gasteiger partial charge in [-0.05, 0) is 20.3 Å². The zero-order valence-electron chi connectivity index (χ0n) is 12.3. The maximum atomic E-state index is 11.2. The third-order valence-corrected chi connectivity index (χ3v) is 3.59. The molecule has 0 bridgehead atoms. The van der Waals surface area contributed by atoms with Crippen LogP contribution in [0.5, 0.6) is 0 Å². The first-order valence-electron chi connectivity index (χ1n) is 6.34. The highest BCUT2D eigenvalue weighted by molar-refractivity contribution is 7.88. The van der Waals surface area contributed by atoms with Crippen LogP contribution in [-0.2, 0) is 30.0 Å². The van der Waals surface area contributed by atoms with Crippen LogP contribution in [0.1, 0.15) is 32.0 Å². The molecule has 1 rings (SSSR count). The fourth-order valence-corrected chi connectivity index (χ4v) is 3.15. The fraction of sp³-hybridized carbons (Fsp3) is 0.750. The second-order valence-electron chi connectivity index (χ2n) is 5.49. The van der Waals surface area contributed by atoms with Gasteiger partial charge in [-0.25, -0.2) is 13.1 Å². The molecule has 1 aromatic heterocycles. The van der Waals surface area contributed by atoms with Gasteiger partial charge in [-0.1, -0.05) is 6.92 Å². The van der Waals surface area contributed by atoms with Crippen molar-refractivity contribution >= 4 is 10.0 Å². The van der Waals surface area contributed by atoms with Crippen LogP contribution in [0.15, 0.2) is 6.20 Å². The summed E-state index contributed by atoms with van der Waals surface area (Å²) in [7, 11) is -1.29. The number of aromatic nitrogens is 2. The molecule has 1 heterocycles. The first kappa shape index (κ1) is 16.1. The Balaban J connectivity index is 2.54. The van der Waals surface area contributed by atoms with E-state index in [2.05, 4.69) is 22.1 Å². The van der Waals surface area contributed by atoms with Crippen LogP contribution in [0.3, 0.4) is 0 Å². The number of nitrogens with one attached hydrogen (secondary N) is 2. The van der Waals surface area contributed by atoms with Crippen molar-refractivity contribution in [2.75, 3.05) is 12.8 Å². The van der Waals surface area contributed by atoms with Crippen molar-refractivity contribution in [1.29, 1.82) is 0 Å². The Morgan fingerprint density at radius 3 is 2.58 bits per heavy atom. The van der Waals surface area contributed by atoms with E-state index in [0.29, 0.717) is 13.1 Å². The highest BCUT2D eigenvalue weighted by atomic mass is 32.2. The molecule has 0 atom stereocenters. The van der Waals surface area contributed by atoms with Crippen molar-refractivity contribution in [1.82, 2.24) is 19.8 Å². The lowest BCUT2D eigenvalue weighted by Crippen LogP contribution is -2.49. The molecule has 0 aromatic carbocycles. The summed E-state index contributed by atoms with van der Waals surface area (Å²) in [4.78, 5) is 0. The van der Waals surface area contributed by atoms with Crippen molar-refractivity contribution in [2.24, 2.45) is 7.05 Å². The average molecular weight is 288 g/mol. The Bertz CT molecular complexity index is 520. The van der Waals surface area contributed by atoms with E-state index in [9.17, 15) is 8.42 Å². The van der Waals surface area contributed by atoms with Crippen LogP contribution in [0, 0.1) is 0 Å². The SMILES string of the molecule is CCc1nn(C)cc1CNCC(C)(C)NS(C)(=O)=O. The Morgan fingerprint density at radius 1 is 1.42 bits per heavy atom. The Hall–Kier alpha value is -0.920. The summed E-state index contributed by atoms with van der Waals surface area (Å²) in [5, 5.41) is 7.64. The van der Waals surface area contributed by atoms with Crippen molar-refractivity contribution in [3.63, 3.8) is 0 Å². The molecule has 0 amide bonds. The number of hydrogen-bond donors (Lipinski definition) is 2. The van der Waals surface area contributed by atoms with Crippen molar-refractivity contribution in [3.8, 4) is 0 Å². The summed E-state index contributed by atoms with van der Waals surface area (Å²) in [5.41, 5.74) is 1.71. The minimum Gasteiger partial charge on any atom is -0.311 e. The third kappa shape index (κ3) is 5.71. The summed E-state index contributed by atoms with van der Waals surface area (Å²) in [6.45, 7) is 7.01. The summed E-state index contributed by atoms with van der Waals surface area (Å²) in [5.74, 6) is 0. The van der Waals surface area contributed by atoms with Gasteiger partial charge in [0.2, 0.25) is 10.0 Å². The topological polar surface area (TPSA) is 76.0 Å². The highest BCUT2D eigenvalue weighted by Gasteiger charge is 2.21. The van der Waals surface area contributed by atoms with Gasteiger partial charge in [0.15, 0.2) is 0 Å². The van der Waals surface area contributed by atoms with Gasteiger partial charge in [-0.15, -0.1) is 0 Å². The smallest absolute Gasteiger partial charge is 0.209 e. The van der Waals surface area contributed by atoms with Crippen LogP contribution in [0.2, 0.25) is 0 Å². The van der Waals surface area contributed by atoms with Crippen LogP contribution < -0.4 is 10.0 Å². The van der Waals surface area contributed by atoms with Crippen LogP contribution >= 0.6 is 0 Å². The van der Waals surface area contributed by atoms with E-state index >= 15 is 0 Å². The van der Waals surface area contributed by atoms with E-state index in [0.717, 1.165) is 17.7 Å². The molecule has 7 heteroatoms. The molecular weight excluding hydrogens is 264 g/mol. The Morgan fingerprint density at radius 2 is 2.05 bits per heavy atom. The first-order valence-corrected chi connectivity index (χ1v) is 8.23. The van der Waals surface area contributed by atoms with E-state index in [1.807, 2.05) is 27.1 Å². The minimum atomic E-state index is -3.19. The second kappa shape index (κ2) is 6.02. The standard InChI is InChI=1S/C12H24N4O2S/c1-6-11-10(8-16(4)14-11)7-13-9-12(2,3)15-19(5,17)18/h8,13,15H,6-7,9H2,1-5H3. The van der Waals surface area contributed by atoms with E-state index in [1.54, 1.807) is 4.68 Å². The molecule has 0 unspecified atom stereocenters. The predicted molar refractivity (Wildman–Crippen MR) is 76.4 cm³/mol. The third-order valence-electron chi connectivity index (χ3n) is 2.67. The summed E-state index contributed by atoms with van der Waals surface area (Å²) < 4.78 is 26.9. The highest BCUT2D eigenvalue weighted by Crippen LogP contribution is 2.08. The molecule has 1 aromatic rings. The van der Waals surface area contributed by atoms with Crippen LogP contribution in [0.4, 0.5) is 0 Å². The van der Waals surface area contributed by atoms with E-state index in [1.165, 1.54) is 6.26 Å². The molecule has 110 valence electrons. The van der Waals surface area contributed by atoms with Crippen LogP contribution in [-0.4, -0.2) is 36.5 Å². The summed E-state index contributed by atoms with van der Waals surface area (Å²) >= 11 is 0. The van der Waals surface area contributed by atoms with Gasteiger partial charge >= 0.3 is 0 Å². The Kier molecular flexibility index (Phi) is 5.11. The molecule has 0 aliphatic carbocycles. The lowest BCUT2D eigenvalue weighted by atomic mass is 10.1. The molecule has 0 saturated heterocycles. The first-order chi connectivity index (χ1) is 8.63. The normalized spacial score (nSPS) is 12.9. The molecule has 0 radical (unpaired) electrons. The van der Waals surface area contributed by atoms with Crippen molar-refractivity contribution in [3.05, 3.63) is 17.5 Å². The molecule has 6 nitrogen and oxygen atoms in total. The lowest BCUT2D eigenvalue weighted by molar-refractivity contribution is 0.420. The largest absolute Gasteiger partial charge is 0.311 e. The molecular formula is C12H24N4O2S. The van der Waals surface area contributed by atoms with Crippen molar-refractivity contribution in [2.45, 2.75) is 39.3 Å². The zero-order chi connectivity index (χ0) is 14.7. The number of rotatable bonds is 7. The van der Waals surface area contributed by atoms with E-state index in [-0.39, 0.29) is 0 Å². The van der Waals surface area contributed by atoms with Gasteiger partial charge in [-0.3, -0.25) is 4.68 Å². The monoisotopic (exact) mass is 288 g/mol. The second-order valence-corrected chi connectivity index (χ2v) is 7.24. The van der Waals surface area contributed by atoms with Crippen molar-refractivity contribution < 1.29 is 8.42 Å². The van der Waals surface area contributed by atoms with Gasteiger partial charge in [-0.2, -0.15) is 5.10 Å². The molecule has 0 saturated carbocycles. The number of aryl methyl sites for hydroxylation is 2. The number of hydrogen-bond acceptors (Lipinski definition) is 4. The quantitative estimate of drug-likeness (QED) is 0.761. The lowest BCUT2D eigenvalue weighted by Gasteiger charge is -2.25. The molecule has 0 spiro atoms. The van der Waals surface area contributed by atoms with Gasteiger partial charge < -0.3 is 5.32 Å². The van der Waals surface area contributed by atoms with Crippen LogP contribution in [0.25, 0.3) is 0 Å². The maximum absolute atomic E-state index is 11.2. The molecule has 2 N–H and O–H groups in total. The summed E-state index contributed by atoms with van der Waals surface area (Å²) in [6.07, 6.45) is 4.05. The maximum Gasteiger partial charge on any atom is 0.209 e. The molecule has 0 aliphatic rings. The van der Waals surface area contributed by atoms with Gasteiger partial charge in [0.05, 0.1) is 11.9 Å². The minimum absolute atomic E-state index is 0.512. The zero-order valence-corrected chi connectivity index (χ0v) is 13.1. The van der Waals surface area contributed by atoms with E-state index < -0.39 is 15.6 Å². The Labute approximate surface area is 115 Å². The van der Waals surface area contributed by atoms with Gasteiger partial charge in [0.1, 0.15) is 0 Å². The average Bonchev–Trinajstić information content (AvgIpc) is 2.55. The van der Waals surface area contributed by atoms with Gasteiger partial charge in [0, 0.05) is 37.4 Å². The number of sulfonamides is 1. The van der Waals surface area contributed by atoms with Gasteiger partial charge in [0.25, 0.3) is 0 Å². The molecule has 19 heavy (non-hydrogen) atoms. The predicted octanol–water partition coefficient (Wildman–Crippen LogP) is 0.400. The molecule has 0 fully saturated rings.